The highest BCUT2D eigenvalue weighted by Gasteiger charge is 2.13. The number of hydrogen-bond donors (Lipinski definition) is 3. The molecule has 2 aromatic carbocycles. The van der Waals surface area contributed by atoms with Gasteiger partial charge in [0.25, 0.3) is 0 Å². The Labute approximate surface area is 147 Å². The average molecular weight is 368 g/mol. The van der Waals surface area contributed by atoms with E-state index in [0.29, 0.717) is 11.4 Å². The molecule has 6 nitrogen and oxygen atoms in total. The lowest BCUT2D eigenvalue weighted by Gasteiger charge is -2.19. The highest BCUT2D eigenvalue weighted by atomic mass is 35.5. The summed E-state index contributed by atoms with van der Waals surface area (Å²) in [5.74, 6) is 10.4. The van der Waals surface area contributed by atoms with Gasteiger partial charge in [-0.05, 0) is 30.3 Å². The fourth-order valence-electron chi connectivity index (χ4n) is 1.77. The minimum absolute atomic E-state index is 0.0194. The number of amidine groups is 1. The Morgan fingerprint density at radius 1 is 1.29 bits per heavy atom. The number of anilines is 2. The molecule has 0 saturated carbocycles. The van der Waals surface area contributed by atoms with Gasteiger partial charge in [-0.1, -0.05) is 41.6 Å². The topological polar surface area (TPSA) is 96.7 Å². The maximum absolute atomic E-state index is 13.1. The quantitative estimate of drug-likeness (QED) is 0.334. The van der Waals surface area contributed by atoms with Crippen LogP contribution in [-0.4, -0.2) is 16.8 Å². The predicted octanol–water partition coefficient (Wildman–Crippen LogP) is 2.76. The van der Waals surface area contributed by atoms with Crippen molar-refractivity contribution in [3.05, 3.63) is 59.4 Å². The molecule has 24 heavy (non-hydrogen) atoms. The van der Waals surface area contributed by atoms with Crippen LogP contribution in [0.15, 0.2) is 53.6 Å². The van der Waals surface area contributed by atoms with Gasteiger partial charge in [0.2, 0.25) is 11.1 Å². The molecule has 0 bridgehead atoms. The lowest BCUT2D eigenvalue weighted by atomic mass is 10.3. The molecule has 2 rings (SSSR count). The molecule has 2 aromatic rings. The number of thioether (sulfide) groups is 1. The molecule has 0 saturated heterocycles. The molecule has 0 spiro atoms. The molecule has 9 heteroatoms. The van der Waals surface area contributed by atoms with Crippen molar-refractivity contribution < 1.29 is 9.18 Å². The number of hydrogen-bond acceptors (Lipinski definition) is 5. The van der Waals surface area contributed by atoms with Crippen LogP contribution in [-0.2, 0) is 4.79 Å². The fourth-order valence-corrected chi connectivity index (χ4v) is 2.60. The standard InChI is InChI=1S/C15H15ClFN5OS/c16-12-8-10(6-7-13(12)17)20-14(23)9-24-15(21-18)22(19)11-4-2-1-3-5-11/h1-8H,9,18-19H2,(H,20,23)/b21-15+. The molecular formula is C15H15ClFN5OS. The molecule has 5 N–H and O–H groups in total. The van der Waals surface area contributed by atoms with Crippen LogP contribution in [0.5, 0.6) is 0 Å². The Morgan fingerprint density at radius 3 is 2.62 bits per heavy atom. The highest BCUT2D eigenvalue weighted by Crippen LogP contribution is 2.20. The lowest BCUT2D eigenvalue weighted by molar-refractivity contribution is -0.113. The molecule has 1 amide bonds. The second kappa shape index (κ2) is 8.53. The van der Waals surface area contributed by atoms with Crippen molar-refractivity contribution >= 4 is 45.8 Å². The van der Waals surface area contributed by atoms with Crippen LogP contribution < -0.4 is 22.0 Å². The lowest BCUT2D eigenvalue weighted by Crippen LogP contribution is -2.37. The molecule has 0 unspecified atom stereocenters. The third-order valence-electron chi connectivity index (χ3n) is 2.89. The van der Waals surface area contributed by atoms with Crippen LogP contribution in [0.4, 0.5) is 15.8 Å². The van der Waals surface area contributed by atoms with Gasteiger partial charge < -0.3 is 11.2 Å². The highest BCUT2D eigenvalue weighted by molar-refractivity contribution is 8.14. The summed E-state index contributed by atoms with van der Waals surface area (Å²) in [6, 6.07) is 13.0. The Kier molecular flexibility index (Phi) is 6.42. The molecule has 0 heterocycles. The summed E-state index contributed by atoms with van der Waals surface area (Å²) in [7, 11) is 0. The normalized spacial score (nSPS) is 11.2. The molecule has 0 aromatic heterocycles. The Hall–Kier alpha value is -2.29. The number of amides is 1. The predicted molar refractivity (Wildman–Crippen MR) is 97.2 cm³/mol. The average Bonchev–Trinajstić information content (AvgIpc) is 2.59. The van der Waals surface area contributed by atoms with Crippen LogP contribution >= 0.6 is 23.4 Å². The third-order valence-corrected chi connectivity index (χ3v) is 4.14. The number of hydrazine groups is 1. The van der Waals surface area contributed by atoms with Gasteiger partial charge in [0, 0.05) is 5.69 Å². The number of nitrogens with one attached hydrogen (secondary N) is 1. The van der Waals surface area contributed by atoms with Gasteiger partial charge in [0.05, 0.1) is 16.5 Å². The maximum atomic E-state index is 13.1. The zero-order chi connectivity index (χ0) is 17.5. The molecule has 0 aliphatic heterocycles. The number of benzene rings is 2. The minimum Gasteiger partial charge on any atom is -0.325 e. The molecule has 0 aliphatic rings. The zero-order valence-corrected chi connectivity index (χ0v) is 14.0. The second-order valence-electron chi connectivity index (χ2n) is 4.58. The van der Waals surface area contributed by atoms with Crippen LogP contribution in [0.3, 0.4) is 0 Å². The molecule has 0 atom stereocenters. The van der Waals surface area contributed by atoms with E-state index in [9.17, 15) is 9.18 Å². The van der Waals surface area contributed by atoms with Gasteiger partial charge in [0.1, 0.15) is 5.82 Å². The minimum atomic E-state index is -0.553. The van der Waals surface area contributed by atoms with Gasteiger partial charge in [-0.15, -0.1) is 0 Å². The first-order valence-corrected chi connectivity index (χ1v) is 8.13. The summed E-state index contributed by atoms with van der Waals surface area (Å²) in [5, 5.41) is 7.69. The number of nitrogens with zero attached hydrogens (tertiary/aromatic N) is 2. The van der Waals surface area contributed by atoms with E-state index in [0.717, 1.165) is 11.8 Å². The Bertz CT molecular complexity index is 744. The van der Waals surface area contributed by atoms with Crippen LogP contribution in [0, 0.1) is 5.82 Å². The Balaban J connectivity index is 1.93. The number of nitrogens with two attached hydrogens (primary N) is 2. The summed E-state index contributed by atoms with van der Waals surface area (Å²) in [6.07, 6.45) is 0. The summed E-state index contributed by atoms with van der Waals surface area (Å²) >= 11 is 6.73. The van der Waals surface area contributed by atoms with Crippen molar-refractivity contribution in [3.63, 3.8) is 0 Å². The fraction of sp³-hybridized carbons (Fsp3) is 0.0667. The van der Waals surface area contributed by atoms with E-state index in [4.69, 9.17) is 23.3 Å². The number of carbonyl (C=O) groups excluding carboxylic acids is 1. The van der Waals surface area contributed by atoms with Crippen LogP contribution in [0.1, 0.15) is 0 Å². The first-order chi connectivity index (χ1) is 11.5. The maximum Gasteiger partial charge on any atom is 0.234 e. The summed E-state index contributed by atoms with van der Waals surface area (Å²) in [4.78, 5) is 12.0. The van der Waals surface area contributed by atoms with Crippen molar-refractivity contribution in [2.45, 2.75) is 0 Å². The largest absolute Gasteiger partial charge is 0.325 e. The number of halogens is 2. The SMILES string of the molecule is N/N=C(/SCC(=O)Nc1ccc(F)c(Cl)c1)N(N)c1ccccc1. The summed E-state index contributed by atoms with van der Waals surface area (Å²) in [5.41, 5.74) is 1.07. The zero-order valence-electron chi connectivity index (χ0n) is 12.4. The smallest absolute Gasteiger partial charge is 0.234 e. The van der Waals surface area contributed by atoms with Gasteiger partial charge in [-0.3, -0.25) is 9.80 Å². The number of hydrazone groups is 1. The van der Waals surface area contributed by atoms with Crippen molar-refractivity contribution in [1.82, 2.24) is 0 Å². The van der Waals surface area contributed by atoms with E-state index < -0.39 is 5.82 Å². The van der Waals surface area contributed by atoms with Gasteiger partial charge in [-0.25, -0.2) is 10.2 Å². The van der Waals surface area contributed by atoms with Crippen molar-refractivity contribution in [1.29, 1.82) is 0 Å². The second-order valence-corrected chi connectivity index (χ2v) is 5.93. The van der Waals surface area contributed by atoms with Gasteiger partial charge in [0.15, 0.2) is 0 Å². The van der Waals surface area contributed by atoms with E-state index in [1.54, 1.807) is 12.1 Å². The van der Waals surface area contributed by atoms with Crippen molar-refractivity contribution in [3.8, 4) is 0 Å². The van der Waals surface area contributed by atoms with E-state index in [-0.39, 0.29) is 21.9 Å². The third kappa shape index (κ3) is 4.85. The number of para-hydroxylation sites is 1. The van der Waals surface area contributed by atoms with Crippen LogP contribution in [0.25, 0.3) is 0 Å². The van der Waals surface area contributed by atoms with Crippen molar-refractivity contribution in [2.24, 2.45) is 16.8 Å². The Morgan fingerprint density at radius 2 is 2.00 bits per heavy atom. The van der Waals surface area contributed by atoms with E-state index in [1.807, 2.05) is 18.2 Å². The van der Waals surface area contributed by atoms with Crippen molar-refractivity contribution in [2.75, 3.05) is 16.1 Å². The summed E-state index contributed by atoms with van der Waals surface area (Å²) < 4.78 is 13.1. The molecular weight excluding hydrogens is 353 g/mol. The van der Waals surface area contributed by atoms with Gasteiger partial charge >= 0.3 is 0 Å². The van der Waals surface area contributed by atoms with Gasteiger partial charge in [-0.2, -0.15) is 5.10 Å². The molecule has 0 radical (unpaired) electrons. The summed E-state index contributed by atoms with van der Waals surface area (Å²) in [6.45, 7) is 0. The number of carbonyl (C=O) groups is 1. The van der Waals surface area contributed by atoms with E-state index in [2.05, 4.69) is 10.4 Å². The van der Waals surface area contributed by atoms with Crippen LogP contribution in [0.2, 0.25) is 5.02 Å². The molecule has 0 aliphatic carbocycles. The number of rotatable bonds is 4. The molecule has 0 fully saturated rings. The first-order valence-electron chi connectivity index (χ1n) is 6.76. The van der Waals surface area contributed by atoms with E-state index >= 15 is 0 Å². The monoisotopic (exact) mass is 367 g/mol. The van der Waals surface area contributed by atoms with E-state index in [1.165, 1.54) is 23.2 Å². The first kappa shape index (κ1) is 18.1. The molecule has 126 valence electrons.